The highest BCUT2D eigenvalue weighted by Crippen LogP contribution is 2.17. The third kappa shape index (κ3) is 7.21. The molecular weight excluding hydrogens is 491 g/mol. The summed E-state index contributed by atoms with van der Waals surface area (Å²) in [4.78, 5) is 8.02. The molecule has 1 heterocycles. The van der Waals surface area contributed by atoms with Gasteiger partial charge in [-0.1, -0.05) is 30.3 Å². The van der Waals surface area contributed by atoms with Gasteiger partial charge in [0, 0.05) is 37.3 Å². The van der Waals surface area contributed by atoms with Gasteiger partial charge in [0.25, 0.3) is 0 Å². The van der Waals surface area contributed by atoms with Crippen molar-refractivity contribution in [2.45, 2.75) is 19.9 Å². The van der Waals surface area contributed by atoms with Gasteiger partial charge in [-0.25, -0.2) is 4.99 Å². The minimum atomic E-state index is 0. The van der Waals surface area contributed by atoms with Gasteiger partial charge in [-0.15, -0.1) is 24.0 Å². The van der Waals surface area contributed by atoms with Gasteiger partial charge in [-0.2, -0.15) is 0 Å². The molecule has 30 heavy (non-hydrogen) atoms. The van der Waals surface area contributed by atoms with E-state index < -0.39 is 0 Å². The maximum absolute atomic E-state index is 5.60. The molecule has 0 fully saturated rings. The first-order valence-corrected chi connectivity index (χ1v) is 10.1. The van der Waals surface area contributed by atoms with Gasteiger partial charge in [0.2, 0.25) is 0 Å². The number of para-hydroxylation sites is 1. The lowest BCUT2D eigenvalue weighted by Gasteiger charge is -2.11. The number of aromatic nitrogens is 1. The molecule has 7 heteroatoms. The summed E-state index contributed by atoms with van der Waals surface area (Å²) in [6, 6.07) is 16.4. The third-order valence-electron chi connectivity index (χ3n) is 4.61. The van der Waals surface area contributed by atoms with E-state index in [0.717, 1.165) is 36.8 Å². The van der Waals surface area contributed by atoms with E-state index in [1.54, 1.807) is 7.11 Å². The smallest absolute Gasteiger partial charge is 0.191 e. The molecule has 0 saturated carbocycles. The fourth-order valence-electron chi connectivity index (χ4n) is 3.10. The summed E-state index contributed by atoms with van der Waals surface area (Å²) in [7, 11) is 1.67. The van der Waals surface area contributed by atoms with E-state index in [-0.39, 0.29) is 24.0 Å². The van der Waals surface area contributed by atoms with Crippen LogP contribution in [0.5, 0.6) is 5.75 Å². The molecule has 0 atom stereocenters. The topological polar surface area (TPSA) is 70.7 Å². The molecule has 6 nitrogen and oxygen atoms in total. The minimum Gasteiger partial charge on any atom is -0.491 e. The van der Waals surface area contributed by atoms with Crippen molar-refractivity contribution in [2.24, 2.45) is 4.99 Å². The normalized spacial score (nSPS) is 11.2. The summed E-state index contributed by atoms with van der Waals surface area (Å²) in [5.41, 5.74) is 3.63. The van der Waals surface area contributed by atoms with E-state index in [1.807, 2.05) is 24.3 Å². The SMILES string of the molecule is CCNC(=NCc1ccc(OCCOC)cc1)NCCc1c[nH]c2ccccc12.I. The molecule has 0 aliphatic heterocycles. The van der Waals surface area contributed by atoms with E-state index in [0.29, 0.717) is 19.8 Å². The molecule has 3 N–H and O–H groups in total. The second-order valence-corrected chi connectivity index (χ2v) is 6.72. The first kappa shape index (κ1) is 24.0. The summed E-state index contributed by atoms with van der Waals surface area (Å²) >= 11 is 0. The Balaban J connectivity index is 0.00000320. The molecule has 3 aromatic rings. The van der Waals surface area contributed by atoms with Crippen LogP contribution in [0.3, 0.4) is 0 Å². The Bertz CT molecular complexity index is 909. The Labute approximate surface area is 195 Å². The molecule has 0 spiro atoms. The number of hydrogen-bond acceptors (Lipinski definition) is 3. The van der Waals surface area contributed by atoms with Gasteiger partial charge in [0.05, 0.1) is 13.2 Å². The maximum Gasteiger partial charge on any atom is 0.191 e. The van der Waals surface area contributed by atoms with Crippen molar-refractivity contribution < 1.29 is 9.47 Å². The van der Waals surface area contributed by atoms with Gasteiger partial charge in [-0.05, 0) is 42.7 Å². The summed E-state index contributed by atoms with van der Waals surface area (Å²) in [6.45, 7) is 5.47. The number of rotatable bonds is 10. The number of H-pyrrole nitrogens is 1. The summed E-state index contributed by atoms with van der Waals surface area (Å²) in [5.74, 6) is 1.67. The van der Waals surface area contributed by atoms with Crippen molar-refractivity contribution >= 4 is 40.8 Å². The number of methoxy groups -OCH3 is 1. The maximum atomic E-state index is 5.60. The van der Waals surface area contributed by atoms with Crippen molar-refractivity contribution in [3.8, 4) is 5.75 Å². The molecule has 0 aliphatic rings. The average molecular weight is 522 g/mol. The lowest BCUT2D eigenvalue weighted by atomic mass is 10.1. The lowest BCUT2D eigenvalue weighted by molar-refractivity contribution is 0.146. The average Bonchev–Trinajstić information content (AvgIpc) is 3.16. The molecule has 0 amide bonds. The van der Waals surface area contributed by atoms with E-state index in [4.69, 9.17) is 14.5 Å². The number of aliphatic imine (C=N–C) groups is 1. The lowest BCUT2D eigenvalue weighted by Crippen LogP contribution is -2.38. The molecule has 0 bridgehead atoms. The zero-order valence-corrected chi connectivity index (χ0v) is 19.9. The van der Waals surface area contributed by atoms with Crippen molar-refractivity contribution in [1.29, 1.82) is 0 Å². The highest BCUT2D eigenvalue weighted by Gasteiger charge is 2.04. The van der Waals surface area contributed by atoms with Gasteiger partial charge < -0.3 is 25.1 Å². The zero-order chi connectivity index (χ0) is 20.3. The quantitative estimate of drug-likeness (QED) is 0.162. The molecule has 0 saturated heterocycles. The Hall–Kier alpha value is -2.26. The van der Waals surface area contributed by atoms with E-state index in [9.17, 15) is 0 Å². The molecule has 2 aromatic carbocycles. The predicted molar refractivity (Wildman–Crippen MR) is 134 cm³/mol. The fourth-order valence-corrected chi connectivity index (χ4v) is 3.10. The predicted octanol–water partition coefficient (Wildman–Crippen LogP) is 4.11. The Morgan fingerprint density at radius 1 is 1.03 bits per heavy atom. The molecule has 0 radical (unpaired) electrons. The zero-order valence-electron chi connectivity index (χ0n) is 17.6. The third-order valence-corrected chi connectivity index (χ3v) is 4.61. The highest BCUT2D eigenvalue weighted by molar-refractivity contribution is 14.0. The van der Waals surface area contributed by atoms with Crippen molar-refractivity contribution in [1.82, 2.24) is 15.6 Å². The number of aromatic amines is 1. The first-order chi connectivity index (χ1) is 14.3. The van der Waals surface area contributed by atoms with Crippen LogP contribution in [0.2, 0.25) is 0 Å². The number of benzene rings is 2. The minimum absolute atomic E-state index is 0. The van der Waals surface area contributed by atoms with Gasteiger partial charge in [0.15, 0.2) is 5.96 Å². The monoisotopic (exact) mass is 522 g/mol. The van der Waals surface area contributed by atoms with Gasteiger partial charge >= 0.3 is 0 Å². The molecule has 3 rings (SSSR count). The summed E-state index contributed by atoms with van der Waals surface area (Å²) in [5, 5.41) is 8.02. The highest BCUT2D eigenvalue weighted by atomic mass is 127. The molecule has 1 aromatic heterocycles. The molecule has 162 valence electrons. The van der Waals surface area contributed by atoms with Crippen LogP contribution >= 0.6 is 24.0 Å². The molecular formula is C23H31IN4O2. The summed E-state index contributed by atoms with van der Waals surface area (Å²) in [6.07, 6.45) is 3.02. The first-order valence-electron chi connectivity index (χ1n) is 10.1. The van der Waals surface area contributed by atoms with Crippen molar-refractivity contribution in [3.05, 3.63) is 65.9 Å². The number of ether oxygens (including phenoxy) is 2. The molecule has 0 unspecified atom stereocenters. The van der Waals surface area contributed by atoms with Crippen LogP contribution < -0.4 is 15.4 Å². The standard InChI is InChI=1S/C23H30N4O2.HI/c1-3-24-23(25-13-12-19-17-26-22-7-5-4-6-21(19)22)27-16-18-8-10-20(11-9-18)29-15-14-28-2;/h4-11,17,26H,3,12-16H2,1-2H3,(H2,24,25,27);1H. The van der Waals surface area contributed by atoms with Crippen LogP contribution in [0.1, 0.15) is 18.1 Å². The van der Waals surface area contributed by atoms with E-state index >= 15 is 0 Å². The molecule has 0 aliphatic carbocycles. The second kappa shape index (κ2) is 13.1. The Morgan fingerprint density at radius 3 is 2.60 bits per heavy atom. The van der Waals surface area contributed by atoms with Crippen LogP contribution in [0.25, 0.3) is 10.9 Å². The second-order valence-electron chi connectivity index (χ2n) is 6.72. The van der Waals surface area contributed by atoms with Crippen LogP contribution in [0, 0.1) is 0 Å². The number of hydrogen-bond donors (Lipinski definition) is 3. The number of guanidine groups is 1. The number of nitrogens with one attached hydrogen (secondary N) is 3. The van der Waals surface area contributed by atoms with E-state index in [2.05, 4.69) is 53.0 Å². The summed E-state index contributed by atoms with van der Waals surface area (Å²) < 4.78 is 10.6. The largest absolute Gasteiger partial charge is 0.491 e. The van der Waals surface area contributed by atoms with E-state index in [1.165, 1.54) is 16.5 Å². The Kier molecular flexibility index (Phi) is 10.5. The van der Waals surface area contributed by atoms with Crippen LogP contribution in [-0.4, -0.2) is 44.4 Å². The number of nitrogens with zero attached hydrogens (tertiary/aromatic N) is 1. The van der Waals surface area contributed by atoms with Crippen molar-refractivity contribution in [3.63, 3.8) is 0 Å². The van der Waals surface area contributed by atoms with Gasteiger partial charge in [-0.3, -0.25) is 0 Å². The van der Waals surface area contributed by atoms with Crippen LogP contribution in [0.15, 0.2) is 59.7 Å². The van der Waals surface area contributed by atoms with Crippen LogP contribution in [-0.2, 0) is 17.7 Å². The fraction of sp³-hybridized carbons (Fsp3) is 0.348. The van der Waals surface area contributed by atoms with Gasteiger partial charge in [0.1, 0.15) is 12.4 Å². The van der Waals surface area contributed by atoms with Crippen molar-refractivity contribution in [2.75, 3.05) is 33.4 Å². The number of fused-ring (bicyclic) bond motifs is 1. The Morgan fingerprint density at radius 2 is 1.83 bits per heavy atom. The number of halogens is 1. The van der Waals surface area contributed by atoms with Crippen LogP contribution in [0.4, 0.5) is 0 Å².